The van der Waals surface area contributed by atoms with Crippen LogP contribution in [0.25, 0.3) is 0 Å². The summed E-state index contributed by atoms with van der Waals surface area (Å²) < 4.78 is 53.1. The van der Waals surface area contributed by atoms with E-state index in [1.807, 2.05) is 6.92 Å². The first-order valence-corrected chi connectivity index (χ1v) is 14.1. The lowest BCUT2D eigenvalue weighted by molar-refractivity contribution is -0.120. The number of nitrogens with zero attached hydrogens (tertiary/aromatic N) is 2. The second kappa shape index (κ2) is 11.1. The summed E-state index contributed by atoms with van der Waals surface area (Å²) in [5.74, 6) is -0.454. The number of unbranched alkanes of at least 4 members (excludes halogenated alkanes) is 1. The number of hydrogen-bond donors (Lipinski definition) is 1. The fraction of sp³-hybridized carbons (Fsp3) is 0.650. The molecule has 8 nitrogen and oxygen atoms in total. The largest absolute Gasteiger partial charge is 0.326 e. The summed E-state index contributed by atoms with van der Waals surface area (Å²) in [4.78, 5) is 12.7. The van der Waals surface area contributed by atoms with E-state index in [2.05, 4.69) is 5.32 Å². The molecule has 1 heterocycles. The molecule has 0 radical (unpaired) electrons. The van der Waals surface area contributed by atoms with Crippen molar-refractivity contribution in [2.24, 2.45) is 5.92 Å². The summed E-state index contributed by atoms with van der Waals surface area (Å²) in [5.41, 5.74) is 0.345. The summed E-state index contributed by atoms with van der Waals surface area (Å²) in [5, 5.41) is 2.86. The average molecular weight is 494 g/mol. The van der Waals surface area contributed by atoms with Crippen LogP contribution in [0.3, 0.4) is 0 Å². The van der Waals surface area contributed by atoms with Crippen LogP contribution in [0, 0.1) is 5.92 Å². The molecule has 31 heavy (non-hydrogen) atoms. The zero-order valence-electron chi connectivity index (χ0n) is 18.3. The number of carbonyl (C=O) groups excluding carboxylic acids is 1. The Balaban J connectivity index is 2.07. The van der Waals surface area contributed by atoms with Crippen LogP contribution in [0.1, 0.15) is 46.5 Å². The highest BCUT2D eigenvalue weighted by molar-refractivity contribution is 7.89. The highest BCUT2D eigenvalue weighted by Crippen LogP contribution is 2.29. The molecule has 0 bridgehead atoms. The molecule has 0 aromatic heterocycles. The lowest BCUT2D eigenvalue weighted by Crippen LogP contribution is -2.42. The normalized spacial score (nSPS) is 16.5. The van der Waals surface area contributed by atoms with E-state index in [0.29, 0.717) is 51.1 Å². The third-order valence-electron chi connectivity index (χ3n) is 5.50. The van der Waals surface area contributed by atoms with E-state index >= 15 is 0 Å². The molecule has 0 aliphatic carbocycles. The van der Waals surface area contributed by atoms with Crippen LogP contribution in [0.4, 0.5) is 5.69 Å². The van der Waals surface area contributed by atoms with E-state index in [1.54, 1.807) is 19.9 Å². The summed E-state index contributed by atoms with van der Waals surface area (Å²) in [7, 11) is -7.05. The van der Waals surface area contributed by atoms with Gasteiger partial charge in [0.25, 0.3) is 0 Å². The van der Waals surface area contributed by atoms with Gasteiger partial charge in [-0.3, -0.25) is 4.79 Å². The van der Waals surface area contributed by atoms with Crippen molar-refractivity contribution in [1.82, 2.24) is 8.61 Å². The highest BCUT2D eigenvalue weighted by atomic mass is 35.5. The first kappa shape index (κ1) is 26.1. The number of nitrogens with one attached hydrogen (secondary N) is 1. The van der Waals surface area contributed by atoms with E-state index in [4.69, 9.17) is 11.6 Å². The summed E-state index contributed by atoms with van der Waals surface area (Å²) in [6, 6.07) is 4.39. The van der Waals surface area contributed by atoms with Gasteiger partial charge < -0.3 is 5.32 Å². The Kier molecular flexibility index (Phi) is 9.32. The molecule has 11 heteroatoms. The van der Waals surface area contributed by atoms with Crippen molar-refractivity contribution in [2.45, 2.75) is 51.3 Å². The Labute approximate surface area is 191 Å². The second-order valence-electron chi connectivity index (χ2n) is 7.57. The number of benzene rings is 1. The predicted molar refractivity (Wildman–Crippen MR) is 123 cm³/mol. The second-order valence-corrected chi connectivity index (χ2v) is 12.0. The molecule has 1 aromatic rings. The minimum Gasteiger partial charge on any atom is -0.326 e. The fourth-order valence-corrected chi connectivity index (χ4v) is 7.21. The van der Waals surface area contributed by atoms with E-state index < -0.39 is 20.0 Å². The Morgan fingerprint density at radius 1 is 1.13 bits per heavy atom. The molecule has 0 spiro atoms. The van der Waals surface area contributed by atoms with Crippen LogP contribution in [-0.4, -0.2) is 63.3 Å². The van der Waals surface area contributed by atoms with Gasteiger partial charge in [0.15, 0.2) is 0 Å². The van der Waals surface area contributed by atoms with Crippen molar-refractivity contribution in [1.29, 1.82) is 0 Å². The highest BCUT2D eigenvalue weighted by Gasteiger charge is 2.31. The quantitative estimate of drug-likeness (QED) is 0.539. The average Bonchev–Trinajstić information content (AvgIpc) is 2.74. The first-order chi connectivity index (χ1) is 14.6. The maximum atomic E-state index is 12.8. The van der Waals surface area contributed by atoms with Gasteiger partial charge in [-0.2, -0.15) is 4.31 Å². The molecule has 1 amide bonds. The smallest absolute Gasteiger partial charge is 0.244 e. The number of piperidine rings is 1. The zero-order valence-corrected chi connectivity index (χ0v) is 20.7. The molecule has 1 aromatic carbocycles. The molecule has 0 saturated carbocycles. The van der Waals surface area contributed by atoms with E-state index in [9.17, 15) is 21.6 Å². The number of carbonyl (C=O) groups is 1. The van der Waals surface area contributed by atoms with Gasteiger partial charge >= 0.3 is 0 Å². The number of amides is 1. The standard InChI is InChI=1S/C20H32ClN3O5S2/c1-4-7-14-30(26,27)24-12-10-16(11-13-24)20(25)22-17-8-9-18(21)19(15-17)31(28,29)23(5-2)6-3/h8-9,15-16H,4-7,10-14H2,1-3H3,(H,22,25). The summed E-state index contributed by atoms with van der Waals surface area (Å²) in [6.45, 7) is 6.68. The Morgan fingerprint density at radius 2 is 1.74 bits per heavy atom. The van der Waals surface area contributed by atoms with Gasteiger partial charge in [-0.1, -0.05) is 38.8 Å². The van der Waals surface area contributed by atoms with Crippen molar-refractivity contribution in [3.8, 4) is 0 Å². The Morgan fingerprint density at radius 3 is 2.29 bits per heavy atom. The van der Waals surface area contributed by atoms with Gasteiger partial charge in [-0.15, -0.1) is 0 Å². The molecule has 0 unspecified atom stereocenters. The van der Waals surface area contributed by atoms with Gasteiger partial charge in [0.2, 0.25) is 26.0 Å². The number of anilines is 1. The lowest BCUT2D eigenvalue weighted by Gasteiger charge is -2.30. The third kappa shape index (κ3) is 6.41. The van der Waals surface area contributed by atoms with Crippen LogP contribution in [0.2, 0.25) is 5.02 Å². The van der Waals surface area contributed by atoms with Crippen LogP contribution in [0.5, 0.6) is 0 Å². The van der Waals surface area contributed by atoms with Gasteiger partial charge in [0.1, 0.15) is 4.90 Å². The minimum atomic E-state index is -3.77. The third-order valence-corrected chi connectivity index (χ3v) is 9.98. The van der Waals surface area contributed by atoms with Crippen LogP contribution < -0.4 is 5.32 Å². The van der Waals surface area contributed by atoms with Gasteiger partial charge in [-0.05, 0) is 37.5 Å². The maximum Gasteiger partial charge on any atom is 0.244 e. The Bertz CT molecular complexity index is 971. The lowest BCUT2D eigenvalue weighted by atomic mass is 9.97. The minimum absolute atomic E-state index is 0.0486. The monoisotopic (exact) mass is 493 g/mol. The molecule has 1 aliphatic heterocycles. The first-order valence-electron chi connectivity index (χ1n) is 10.6. The Hall–Kier alpha value is -1.20. The molecular weight excluding hydrogens is 462 g/mol. The topological polar surface area (TPSA) is 104 Å². The predicted octanol–water partition coefficient (Wildman–Crippen LogP) is 3.15. The number of rotatable bonds is 10. The summed E-state index contributed by atoms with van der Waals surface area (Å²) in [6.07, 6.45) is 2.29. The molecule has 0 atom stereocenters. The van der Waals surface area contributed by atoms with Crippen molar-refractivity contribution < 1.29 is 21.6 Å². The number of sulfonamides is 2. The van der Waals surface area contributed by atoms with Crippen molar-refractivity contribution in [3.63, 3.8) is 0 Å². The van der Waals surface area contributed by atoms with Gasteiger partial charge in [-0.25, -0.2) is 21.1 Å². The molecule has 1 fully saturated rings. The van der Waals surface area contributed by atoms with Crippen LogP contribution in [0.15, 0.2) is 23.1 Å². The van der Waals surface area contributed by atoms with Gasteiger partial charge in [0, 0.05) is 37.8 Å². The van der Waals surface area contributed by atoms with Gasteiger partial charge in [0.05, 0.1) is 10.8 Å². The van der Waals surface area contributed by atoms with Crippen molar-refractivity contribution >= 4 is 43.2 Å². The van der Waals surface area contributed by atoms with Crippen molar-refractivity contribution in [2.75, 3.05) is 37.2 Å². The molecule has 1 saturated heterocycles. The van der Waals surface area contributed by atoms with Crippen LogP contribution >= 0.6 is 11.6 Å². The number of halogens is 1. The SMILES string of the molecule is CCCCS(=O)(=O)N1CCC(C(=O)Nc2ccc(Cl)c(S(=O)(=O)N(CC)CC)c2)CC1. The molecule has 1 aliphatic rings. The molecular formula is C20H32ClN3O5S2. The molecule has 176 valence electrons. The van der Waals surface area contributed by atoms with Crippen LogP contribution in [-0.2, 0) is 24.8 Å². The number of hydrogen-bond acceptors (Lipinski definition) is 5. The van der Waals surface area contributed by atoms with E-state index in [1.165, 1.54) is 20.7 Å². The molecule has 1 N–H and O–H groups in total. The van der Waals surface area contributed by atoms with E-state index in [0.717, 1.165) is 6.42 Å². The van der Waals surface area contributed by atoms with E-state index in [-0.39, 0.29) is 27.5 Å². The summed E-state index contributed by atoms with van der Waals surface area (Å²) >= 11 is 6.14. The fourth-order valence-electron chi connectivity index (χ4n) is 3.58. The zero-order chi connectivity index (χ0) is 23.2. The maximum absolute atomic E-state index is 12.8. The molecule has 2 rings (SSSR count). The van der Waals surface area contributed by atoms with Crippen molar-refractivity contribution in [3.05, 3.63) is 23.2 Å².